The molecule has 0 aliphatic carbocycles. The van der Waals surface area contributed by atoms with E-state index in [0.29, 0.717) is 0 Å². The molecule has 3 rings (SSSR count). The molecule has 0 aromatic heterocycles. The molecular formula is C19H18BrNO2S. The number of carbonyl (C=O) groups is 1. The molecule has 0 saturated carbocycles. The van der Waals surface area contributed by atoms with Crippen molar-refractivity contribution in [3.8, 4) is 5.75 Å². The quantitative estimate of drug-likeness (QED) is 0.690. The van der Waals surface area contributed by atoms with Gasteiger partial charge >= 0.3 is 0 Å². The number of carbonyl (C=O) groups excluding carboxylic acids is 1. The number of halogens is 1. The van der Waals surface area contributed by atoms with Gasteiger partial charge in [0.1, 0.15) is 11.1 Å². The maximum Gasteiger partial charge on any atom is 0.247 e. The average Bonchev–Trinajstić information content (AvgIpc) is 3.10. The Morgan fingerprint density at radius 3 is 2.79 bits per heavy atom. The van der Waals surface area contributed by atoms with E-state index in [1.54, 1.807) is 24.9 Å². The minimum Gasteiger partial charge on any atom is -0.496 e. The van der Waals surface area contributed by atoms with Crippen molar-refractivity contribution in [2.45, 2.75) is 5.37 Å². The lowest BCUT2D eigenvalue weighted by atomic mass is 10.2. The van der Waals surface area contributed by atoms with Crippen molar-refractivity contribution in [3.63, 3.8) is 0 Å². The zero-order chi connectivity index (χ0) is 16.9. The van der Waals surface area contributed by atoms with E-state index in [-0.39, 0.29) is 11.3 Å². The summed E-state index contributed by atoms with van der Waals surface area (Å²) in [5, 5.41) is 0.0418. The van der Waals surface area contributed by atoms with E-state index in [1.165, 1.54) is 0 Å². The Hall–Kier alpha value is -1.72. The second-order valence-electron chi connectivity index (χ2n) is 5.39. The first-order valence-corrected chi connectivity index (χ1v) is 9.52. The van der Waals surface area contributed by atoms with Gasteiger partial charge in [0, 0.05) is 18.4 Å². The molecule has 1 saturated heterocycles. The summed E-state index contributed by atoms with van der Waals surface area (Å²) in [6.07, 6.45) is 3.53. The maximum absolute atomic E-state index is 12.6. The summed E-state index contributed by atoms with van der Waals surface area (Å²) in [5.74, 6) is 1.78. The van der Waals surface area contributed by atoms with Crippen LogP contribution in [0.4, 0.5) is 0 Å². The predicted molar refractivity (Wildman–Crippen MR) is 103 cm³/mol. The van der Waals surface area contributed by atoms with Gasteiger partial charge in [-0.05, 0) is 45.3 Å². The molecule has 1 atom stereocenters. The van der Waals surface area contributed by atoms with Crippen molar-refractivity contribution in [3.05, 3.63) is 70.2 Å². The molecule has 2 aromatic rings. The highest BCUT2D eigenvalue weighted by molar-refractivity contribution is 9.10. The van der Waals surface area contributed by atoms with Crippen LogP contribution in [0.25, 0.3) is 6.08 Å². The van der Waals surface area contributed by atoms with Gasteiger partial charge in [0.15, 0.2) is 0 Å². The van der Waals surface area contributed by atoms with Gasteiger partial charge in [0.05, 0.1) is 11.6 Å². The first-order chi connectivity index (χ1) is 11.7. The van der Waals surface area contributed by atoms with Gasteiger partial charge in [-0.3, -0.25) is 4.79 Å². The summed E-state index contributed by atoms with van der Waals surface area (Å²) < 4.78 is 6.18. The summed E-state index contributed by atoms with van der Waals surface area (Å²) in [7, 11) is 1.65. The second-order valence-corrected chi connectivity index (χ2v) is 7.44. The van der Waals surface area contributed by atoms with Gasteiger partial charge in [-0.15, -0.1) is 11.8 Å². The number of hydrogen-bond acceptors (Lipinski definition) is 3. The largest absolute Gasteiger partial charge is 0.496 e. The van der Waals surface area contributed by atoms with Crippen LogP contribution >= 0.6 is 27.7 Å². The lowest BCUT2D eigenvalue weighted by Crippen LogP contribution is -2.28. The summed E-state index contributed by atoms with van der Waals surface area (Å²) in [6.45, 7) is 0.761. The predicted octanol–water partition coefficient (Wildman–Crippen LogP) is 4.75. The molecule has 0 spiro atoms. The number of thioether (sulfide) groups is 1. The summed E-state index contributed by atoms with van der Waals surface area (Å²) >= 11 is 5.31. The highest BCUT2D eigenvalue weighted by atomic mass is 79.9. The Morgan fingerprint density at radius 1 is 1.29 bits per heavy atom. The number of hydrogen-bond donors (Lipinski definition) is 0. The van der Waals surface area contributed by atoms with E-state index in [9.17, 15) is 4.79 Å². The Kier molecular flexibility index (Phi) is 5.63. The van der Waals surface area contributed by atoms with Crippen LogP contribution < -0.4 is 4.74 Å². The molecule has 1 fully saturated rings. The topological polar surface area (TPSA) is 29.5 Å². The third-order valence-electron chi connectivity index (χ3n) is 3.85. The Balaban J connectivity index is 1.76. The van der Waals surface area contributed by atoms with E-state index < -0.39 is 0 Å². The first kappa shape index (κ1) is 17.1. The van der Waals surface area contributed by atoms with Crippen molar-refractivity contribution in [1.29, 1.82) is 0 Å². The fourth-order valence-electron chi connectivity index (χ4n) is 2.64. The van der Waals surface area contributed by atoms with Gasteiger partial charge in [0.25, 0.3) is 0 Å². The molecule has 1 aliphatic rings. The average molecular weight is 404 g/mol. The van der Waals surface area contributed by atoms with Crippen molar-refractivity contribution < 1.29 is 9.53 Å². The molecule has 1 amide bonds. The highest BCUT2D eigenvalue weighted by Crippen LogP contribution is 2.40. The van der Waals surface area contributed by atoms with E-state index in [2.05, 4.69) is 15.9 Å². The number of methoxy groups -OCH3 is 1. The molecule has 5 heteroatoms. The lowest BCUT2D eigenvalue weighted by Gasteiger charge is -2.23. The fourth-order valence-corrected chi connectivity index (χ4v) is 4.45. The van der Waals surface area contributed by atoms with Crippen LogP contribution in [-0.4, -0.2) is 30.2 Å². The van der Waals surface area contributed by atoms with Gasteiger partial charge in [-0.25, -0.2) is 0 Å². The molecule has 1 unspecified atom stereocenters. The van der Waals surface area contributed by atoms with Crippen LogP contribution in [0.2, 0.25) is 0 Å². The standard InChI is InChI=1S/C19H18BrNO2S/c1-23-17-9-8-15(13-16(17)20)19-21(11-12-24-19)18(22)10-7-14-5-3-2-4-6-14/h2-10,13,19H,11-12H2,1H3/b10-7+. The molecular weight excluding hydrogens is 386 g/mol. The van der Waals surface area contributed by atoms with Crippen LogP contribution in [0.15, 0.2) is 59.1 Å². The number of amides is 1. The second kappa shape index (κ2) is 7.90. The van der Waals surface area contributed by atoms with Crippen LogP contribution in [-0.2, 0) is 4.79 Å². The van der Waals surface area contributed by atoms with Gasteiger partial charge in [-0.2, -0.15) is 0 Å². The zero-order valence-electron chi connectivity index (χ0n) is 13.3. The van der Waals surface area contributed by atoms with E-state index >= 15 is 0 Å². The van der Waals surface area contributed by atoms with Crippen LogP contribution in [0.1, 0.15) is 16.5 Å². The molecule has 1 aliphatic heterocycles. The van der Waals surface area contributed by atoms with Gasteiger partial charge in [0.2, 0.25) is 5.91 Å². The van der Waals surface area contributed by atoms with Crippen molar-refractivity contribution in [2.75, 3.05) is 19.4 Å². The highest BCUT2D eigenvalue weighted by Gasteiger charge is 2.29. The first-order valence-electron chi connectivity index (χ1n) is 7.68. The lowest BCUT2D eigenvalue weighted by molar-refractivity contribution is -0.126. The van der Waals surface area contributed by atoms with Crippen molar-refractivity contribution >= 4 is 39.7 Å². The molecule has 0 radical (unpaired) electrons. The van der Waals surface area contributed by atoms with Crippen molar-refractivity contribution in [2.24, 2.45) is 0 Å². The van der Waals surface area contributed by atoms with Crippen LogP contribution in [0.5, 0.6) is 5.75 Å². The molecule has 124 valence electrons. The maximum atomic E-state index is 12.6. The van der Waals surface area contributed by atoms with E-state index in [4.69, 9.17) is 4.74 Å². The zero-order valence-corrected chi connectivity index (χ0v) is 15.7. The third-order valence-corrected chi connectivity index (χ3v) is 5.73. The smallest absolute Gasteiger partial charge is 0.247 e. The van der Waals surface area contributed by atoms with Crippen molar-refractivity contribution in [1.82, 2.24) is 4.90 Å². The number of rotatable bonds is 4. The molecule has 3 nitrogen and oxygen atoms in total. The van der Waals surface area contributed by atoms with E-state index in [0.717, 1.165) is 33.6 Å². The SMILES string of the molecule is COc1ccc(C2SCCN2C(=O)/C=C/c2ccccc2)cc1Br. The fraction of sp³-hybridized carbons (Fsp3) is 0.211. The van der Waals surface area contributed by atoms with Gasteiger partial charge in [-0.1, -0.05) is 36.4 Å². The monoisotopic (exact) mass is 403 g/mol. The summed E-state index contributed by atoms with van der Waals surface area (Å²) in [4.78, 5) is 14.5. The summed E-state index contributed by atoms with van der Waals surface area (Å²) in [6, 6.07) is 15.9. The normalized spacial score (nSPS) is 17.4. The minimum atomic E-state index is 0.0418. The Bertz CT molecular complexity index is 748. The minimum absolute atomic E-state index is 0.0418. The number of nitrogens with zero attached hydrogens (tertiary/aromatic N) is 1. The number of ether oxygens (including phenoxy) is 1. The molecule has 0 bridgehead atoms. The van der Waals surface area contributed by atoms with Gasteiger partial charge < -0.3 is 9.64 Å². The molecule has 1 heterocycles. The number of benzene rings is 2. The van der Waals surface area contributed by atoms with E-state index in [1.807, 2.05) is 59.5 Å². The molecule has 0 N–H and O–H groups in total. The Morgan fingerprint density at radius 2 is 2.08 bits per heavy atom. The van der Waals surface area contributed by atoms with Crippen LogP contribution in [0.3, 0.4) is 0 Å². The third kappa shape index (κ3) is 3.84. The molecule has 24 heavy (non-hydrogen) atoms. The molecule has 2 aromatic carbocycles. The van der Waals surface area contributed by atoms with Crippen LogP contribution in [0, 0.1) is 0 Å². The Labute approximate surface area is 154 Å². The summed E-state index contributed by atoms with van der Waals surface area (Å²) in [5.41, 5.74) is 2.13.